The van der Waals surface area contributed by atoms with Crippen LogP contribution in [-0.4, -0.2) is 18.2 Å². The lowest BCUT2D eigenvalue weighted by atomic mass is 9.73. The monoisotopic (exact) mass is 279 g/mol. The van der Waals surface area contributed by atoms with E-state index in [1.54, 1.807) is 0 Å². The Morgan fingerprint density at radius 2 is 1.60 bits per heavy atom. The Morgan fingerprint density at radius 1 is 1.00 bits per heavy atom. The maximum Gasteiger partial charge on any atom is 0.0685 e. The van der Waals surface area contributed by atoms with Gasteiger partial charge in [0.1, 0.15) is 0 Å². The maximum absolute atomic E-state index is 6.74. The first kappa shape index (κ1) is 14.8. The summed E-state index contributed by atoms with van der Waals surface area (Å²) in [5, 5.41) is 0. The van der Waals surface area contributed by atoms with Crippen molar-refractivity contribution in [2.45, 2.75) is 84.3 Å². The van der Waals surface area contributed by atoms with Gasteiger partial charge < -0.3 is 10.5 Å². The first-order valence-electron chi connectivity index (χ1n) is 8.70. The van der Waals surface area contributed by atoms with Crippen molar-refractivity contribution in [2.75, 3.05) is 6.61 Å². The molecule has 2 saturated carbocycles. The molecule has 1 heterocycles. The van der Waals surface area contributed by atoms with Crippen molar-refractivity contribution in [3.63, 3.8) is 0 Å². The van der Waals surface area contributed by atoms with Gasteiger partial charge in [-0.2, -0.15) is 0 Å². The van der Waals surface area contributed by atoms with Crippen LogP contribution in [0.3, 0.4) is 0 Å². The fourth-order valence-corrected chi connectivity index (χ4v) is 5.42. The van der Waals surface area contributed by atoms with Gasteiger partial charge >= 0.3 is 0 Å². The van der Waals surface area contributed by atoms with Crippen LogP contribution in [0, 0.1) is 22.7 Å². The van der Waals surface area contributed by atoms with Gasteiger partial charge in [0.2, 0.25) is 0 Å². The average Bonchev–Trinajstić information content (AvgIpc) is 2.80. The molecule has 0 aromatic carbocycles. The third-order valence-corrected chi connectivity index (χ3v) is 7.36. The predicted molar refractivity (Wildman–Crippen MR) is 83.5 cm³/mol. The van der Waals surface area contributed by atoms with Crippen molar-refractivity contribution in [1.29, 1.82) is 0 Å². The highest BCUT2D eigenvalue weighted by Crippen LogP contribution is 2.70. The third-order valence-electron chi connectivity index (χ3n) is 7.36. The van der Waals surface area contributed by atoms with Crippen LogP contribution in [0.2, 0.25) is 0 Å². The first-order chi connectivity index (χ1) is 9.30. The Balaban J connectivity index is 1.68. The van der Waals surface area contributed by atoms with Gasteiger partial charge in [-0.3, -0.25) is 0 Å². The second-order valence-electron chi connectivity index (χ2n) is 8.84. The minimum Gasteiger partial charge on any atom is -0.375 e. The molecular weight excluding hydrogens is 246 g/mol. The fraction of sp³-hybridized carbons (Fsp3) is 1.00. The summed E-state index contributed by atoms with van der Waals surface area (Å²) in [5.41, 5.74) is 7.75. The Labute approximate surface area is 124 Å². The van der Waals surface area contributed by atoms with Crippen LogP contribution in [0.15, 0.2) is 0 Å². The molecule has 1 spiro atoms. The highest BCUT2D eigenvalue weighted by Gasteiger charge is 2.67. The van der Waals surface area contributed by atoms with E-state index in [1.165, 1.54) is 44.9 Å². The van der Waals surface area contributed by atoms with Gasteiger partial charge in [-0.05, 0) is 48.3 Å². The molecule has 116 valence electrons. The van der Waals surface area contributed by atoms with Gasteiger partial charge in [0, 0.05) is 12.6 Å². The number of nitrogens with two attached hydrogens (primary N) is 1. The van der Waals surface area contributed by atoms with E-state index in [4.69, 9.17) is 10.5 Å². The molecule has 0 amide bonds. The molecule has 2 unspecified atom stereocenters. The fourth-order valence-electron chi connectivity index (χ4n) is 5.42. The Kier molecular flexibility index (Phi) is 3.49. The molecule has 0 bridgehead atoms. The summed E-state index contributed by atoms with van der Waals surface area (Å²) in [7, 11) is 0. The molecule has 0 aromatic heterocycles. The number of ether oxygens (including phenoxy) is 1. The maximum atomic E-state index is 6.74. The second-order valence-corrected chi connectivity index (χ2v) is 8.84. The summed E-state index contributed by atoms with van der Waals surface area (Å²) in [6.07, 6.45) is 9.03. The largest absolute Gasteiger partial charge is 0.375 e. The lowest BCUT2D eigenvalue weighted by Crippen LogP contribution is -2.47. The molecule has 2 N–H and O–H groups in total. The van der Waals surface area contributed by atoms with Crippen molar-refractivity contribution in [3.8, 4) is 0 Å². The summed E-state index contributed by atoms with van der Waals surface area (Å²) in [5.74, 6) is 1.35. The topological polar surface area (TPSA) is 35.2 Å². The SMILES string of the molecule is CC1(C)C(C(N)C2CCOC3(CCCCC3)C2)C1(C)C. The zero-order valence-corrected chi connectivity index (χ0v) is 13.9. The van der Waals surface area contributed by atoms with E-state index in [0.717, 1.165) is 6.61 Å². The van der Waals surface area contributed by atoms with Crippen molar-refractivity contribution >= 4 is 0 Å². The molecule has 2 aliphatic carbocycles. The van der Waals surface area contributed by atoms with Crippen molar-refractivity contribution in [1.82, 2.24) is 0 Å². The summed E-state index contributed by atoms with van der Waals surface area (Å²) in [6, 6.07) is 0.364. The molecule has 2 atom stereocenters. The molecule has 1 aliphatic heterocycles. The summed E-state index contributed by atoms with van der Waals surface area (Å²) < 4.78 is 6.24. The lowest BCUT2D eigenvalue weighted by molar-refractivity contribution is -0.121. The third kappa shape index (κ3) is 2.14. The van der Waals surface area contributed by atoms with Crippen LogP contribution in [-0.2, 0) is 4.74 Å². The van der Waals surface area contributed by atoms with E-state index in [1.807, 2.05) is 0 Å². The van der Waals surface area contributed by atoms with Gasteiger partial charge in [-0.1, -0.05) is 47.0 Å². The molecule has 1 saturated heterocycles. The van der Waals surface area contributed by atoms with Crippen molar-refractivity contribution in [2.24, 2.45) is 28.4 Å². The van der Waals surface area contributed by atoms with Gasteiger partial charge in [-0.15, -0.1) is 0 Å². The van der Waals surface area contributed by atoms with E-state index < -0.39 is 0 Å². The van der Waals surface area contributed by atoms with Gasteiger partial charge in [0.25, 0.3) is 0 Å². The van der Waals surface area contributed by atoms with E-state index in [9.17, 15) is 0 Å². The van der Waals surface area contributed by atoms with Gasteiger partial charge in [0.05, 0.1) is 5.60 Å². The van der Waals surface area contributed by atoms with Crippen LogP contribution in [0.25, 0.3) is 0 Å². The number of rotatable bonds is 2. The molecule has 0 aromatic rings. The minimum absolute atomic E-state index is 0.196. The summed E-state index contributed by atoms with van der Waals surface area (Å²) in [4.78, 5) is 0. The Hall–Kier alpha value is -0.0800. The minimum atomic E-state index is 0.196. The molecular formula is C18H33NO. The average molecular weight is 279 g/mol. The Bertz CT molecular complexity index is 348. The van der Waals surface area contributed by atoms with E-state index in [0.29, 0.717) is 28.7 Å². The predicted octanol–water partition coefficient (Wildman–Crippen LogP) is 4.13. The molecule has 3 aliphatic rings. The van der Waals surface area contributed by atoms with Crippen LogP contribution >= 0.6 is 0 Å². The number of hydrogen-bond donors (Lipinski definition) is 1. The van der Waals surface area contributed by atoms with Crippen molar-refractivity contribution < 1.29 is 4.74 Å². The van der Waals surface area contributed by atoms with Crippen LogP contribution < -0.4 is 5.73 Å². The first-order valence-corrected chi connectivity index (χ1v) is 8.70. The Morgan fingerprint density at radius 3 is 2.15 bits per heavy atom. The summed E-state index contributed by atoms with van der Waals surface area (Å²) >= 11 is 0. The highest BCUT2D eigenvalue weighted by atomic mass is 16.5. The molecule has 3 rings (SSSR count). The normalized spacial score (nSPS) is 36.8. The lowest BCUT2D eigenvalue weighted by Gasteiger charge is -2.45. The van der Waals surface area contributed by atoms with Crippen molar-refractivity contribution in [3.05, 3.63) is 0 Å². The zero-order chi connectivity index (χ0) is 14.6. The molecule has 3 fully saturated rings. The molecule has 0 radical (unpaired) electrons. The molecule has 2 nitrogen and oxygen atoms in total. The molecule has 2 heteroatoms. The van der Waals surface area contributed by atoms with Crippen LogP contribution in [0.4, 0.5) is 0 Å². The van der Waals surface area contributed by atoms with E-state index >= 15 is 0 Å². The molecule has 20 heavy (non-hydrogen) atoms. The van der Waals surface area contributed by atoms with Gasteiger partial charge in [-0.25, -0.2) is 0 Å². The van der Waals surface area contributed by atoms with Crippen LogP contribution in [0.1, 0.15) is 72.6 Å². The van der Waals surface area contributed by atoms with E-state index in [-0.39, 0.29) is 5.60 Å². The number of hydrogen-bond acceptors (Lipinski definition) is 2. The summed E-state index contributed by atoms with van der Waals surface area (Å²) in [6.45, 7) is 10.5. The standard InChI is InChI=1S/C18H33NO/c1-16(2)15(17(16,3)4)14(19)13-8-11-20-18(12-13)9-6-5-7-10-18/h13-15H,5-12,19H2,1-4H3. The zero-order valence-electron chi connectivity index (χ0n) is 13.9. The van der Waals surface area contributed by atoms with Crippen LogP contribution in [0.5, 0.6) is 0 Å². The second kappa shape index (κ2) is 4.71. The smallest absolute Gasteiger partial charge is 0.0685 e. The van der Waals surface area contributed by atoms with Gasteiger partial charge in [0.15, 0.2) is 0 Å². The quantitative estimate of drug-likeness (QED) is 0.825. The van der Waals surface area contributed by atoms with E-state index in [2.05, 4.69) is 27.7 Å². The highest BCUT2D eigenvalue weighted by molar-refractivity contribution is 5.17.